The van der Waals surface area contributed by atoms with Crippen LogP contribution in [0.4, 0.5) is 0 Å². The van der Waals surface area contributed by atoms with E-state index in [0.29, 0.717) is 23.1 Å². The van der Waals surface area contributed by atoms with Crippen molar-refractivity contribution in [3.05, 3.63) is 67.1 Å². The van der Waals surface area contributed by atoms with Gasteiger partial charge in [-0.1, -0.05) is 52.1 Å². The Labute approximate surface area is 193 Å². The molecular weight excluding hydrogens is 510 g/mol. The number of fused-ring (bicyclic) bond motifs is 1. The van der Waals surface area contributed by atoms with E-state index in [0.717, 1.165) is 39.5 Å². The Kier molecular flexibility index (Phi) is 7.83. The van der Waals surface area contributed by atoms with Gasteiger partial charge in [-0.15, -0.1) is 0 Å². The fourth-order valence-electron chi connectivity index (χ4n) is 2.96. The second-order valence-corrected chi connectivity index (χ2v) is 9.00. The van der Waals surface area contributed by atoms with E-state index < -0.39 is 0 Å². The van der Waals surface area contributed by atoms with Crippen LogP contribution in [-0.4, -0.2) is 22.0 Å². The summed E-state index contributed by atoms with van der Waals surface area (Å²) >= 11 is 6.94. The Balaban J connectivity index is 2.10. The van der Waals surface area contributed by atoms with Crippen LogP contribution in [0.3, 0.4) is 0 Å². The molecule has 0 saturated heterocycles. The molecule has 1 heterocycles. The summed E-state index contributed by atoms with van der Waals surface area (Å²) in [6.45, 7) is 6.22. The summed E-state index contributed by atoms with van der Waals surface area (Å²) in [5, 5.41) is 5.08. The summed E-state index contributed by atoms with van der Waals surface area (Å²) in [4.78, 5) is 17.9. The lowest BCUT2D eigenvalue weighted by atomic mass is 10.2. The molecule has 0 aliphatic rings. The van der Waals surface area contributed by atoms with Gasteiger partial charge in [-0.3, -0.25) is 4.79 Å². The first-order valence-corrected chi connectivity index (χ1v) is 11.7. The zero-order valence-electron chi connectivity index (χ0n) is 17.4. The van der Waals surface area contributed by atoms with Crippen LogP contribution < -0.4 is 10.3 Å². The molecule has 158 valence electrons. The number of hydrogen-bond acceptors (Lipinski definition) is 4. The normalized spacial score (nSPS) is 12.6. The summed E-state index contributed by atoms with van der Waals surface area (Å²) in [7, 11) is 0. The fourth-order valence-corrected chi connectivity index (χ4v) is 3.70. The lowest BCUT2D eigenvalue weighted by Crippen LogP contribution is -2.22. The second-order valence-electron chi connectivity index (χ2n) is 7.17. The SMILES string of the molecule is CCCCc1nc2ccc(Br)cc2c(=O)n1N=Cc1cc(Br)ccc1O[C@@H](C)CC. The van der Waals surface area contributed by atoms with Gasteiger partial charge in [0.25, 0.3) is 5.56 Å². The predicted octanol–water partition coefficient (Wildman–Crippen LogP) is 6.32. The van der Waals surface area contributed by atoms with Gasteiger partial charge in [-0.05, 0) is 56.2 Å². The standard InChI is InChI=1S/C23H25Br2N3O2/c1-4-6-7-22-27-20-10-8-18(25)13-19(20)23(29)28(22)26-14-16-12-17(24)9-11-21(16)30-15(3)5-2/h8-15H,4-7H2,1-3H3/t15-/m0/s1. The van der Waals surface area contributed by atoms with E-state index in [2.05, 4.69) is 50.8 Å². The van der Waals surface area contributed by atoms with E-state index in [9.17, 15) is 4.79 Å². The number of benzene rings is 2. The quantitative estimate of drug-likeness (QED) is 0.317. The average Bonchev–Trinajstić information content (AvgIpc) is 2.73. The van der Waals surface area contributed by atoms with Crippen molar-refractivity contribution in [1.82, 2.24) is 9.66 Å². The van der Waals surface area contributed by atoms with Gasteiger partial charge >= 0.3 is 0 Å². The molecule has 0 fully saturated rings. The number of hydrogen-bond donors (Lipinski definition) is 0. The number of rotatable bonds is 8. The first-order valence-electron chi connectivity index (χ1n) is 10.1. The molecule has 5 nitrogen and oxygen atoms in total. The molecule has 3 aromatic rings. The van der Waals surface area contributed by atoms with Crippen molar-refractivity contribution in [2.75, 3.05) is 0 Å². The van der Waals surface area contributed by atoms with Crippen LogP contribution >= 0.6 is 31.9 Å². The smallest absolute Gasteiger partial charge is 0.282 e. The third kappa shape index (κ3) is 5.38. The zero-order chi connectivity index (χ0) is 21.7. The Morgan fingerprint density at radius 1 is 1.17 bits per heavy atom. The Morgan fingerprint density at radius 3 is 2.63 bits per heavy atom. The number of nitrogens with zero attached hydrogens (tertiary/aromatic N) is 3. The van der Waals surface area contributed by atoms with Crippen molar-refractivity contribution in [3.63, 3.8) is 0 Å². The third-order valence-corrected chi connectivity index (χ3v) is 5.80. The van der Waals surface area contributed by atoms with Crippen LogP contribution in [0.5, 0.6) is 5.75 Å². The van der Waals surface area contributed by atoms with Gasteiger partial charge < -0.3 is 4.74 Å². The number of aryl methyl sites for hydroxylation is 1. The maximum absolute atomic E-state index is 13.2. The molecular formula is C23H25Br2N3O2. The molecule has 7 heteroatoms. The Hall–Kier alpha value is -1.99. The lowest BCUT2D eigenvalue weighted by Gasteiger charge is -2.15. The molecule has 0 aliphatic carbocycles. The van der Waals surface area contributed by atoms with Crippen LogP contribution in [0, 0.1) is 0 Å². The zero-order valence-corrected chi connectivity index (χ0v) is 20.5. The van der Waals surface area contributed by atoms with Gasteiger partial charge in [0.15, 0.2) is 0 Å². The average molecular weight is 535 g/mol. The first-order chi connectivity index (χ1) is 14.4. The molecule has 1 atom stereocenters. The molecule has 0 spiro atoms. The van der Waals surface area contributed by atoms with E-state index >= 15 is 0 Å². The van der Waals surface area contributed by atoms with Gasteiger partial charge in [0.05, 0.1) is 23.2 Å². The maximum Gasteiger partial charge on any atom is 0.282 e. The lowest BCUT2D eigenvalue weighted by molar-refractivity contribution is 0.217. The van der Waals surface area contributed by atoms with Crippen LogP contribution in [0.2, 0.25) is 0 Å². The third-order valence-electron chi connectivity index (χ3n) is 4.82. The first kappa shape index (κ1) is 22.7. The summed E-state index contributed by atoms with van der Waals surface area (Å²) in [5.41, 5.74) is 1.31. The van der Waals surface area contributed by atoms with Gasteiger partial charge in [-0.2, -0.15) is 9.78 Å². The van der Waals surface area contributed by atoms with Gasteiger partial charge in [0, 0.05) is 20.9 Å². The molecule has 0 radical (unpaired) electrons. The number of aromatic nitrogens is 2. The van der Waals surface area contributed by atoms with Crippen LogP contribution in [0.25, 0.3) is 10.9 Å². The number of halogens is 2. The van der Waals surface area contributed by atoms with Crippen molar-refractivity contribution >= 4 is 49.0 Å². The summed E-state index contributed by atoms with van der Waals surface area (Å²) < 4.78 is 9.19. The number of ether oxygens (including phenoxy) is 1. The van der Waals surface area contributed by atoms with Gasteiger partial charge in [0.1, 0.15) is 11.6 Å². The van der Waals surface area contributed by atoms with E-state index in [1.807, 2.05) is 37.3 Å². The molecule has 0 bridgehead atoms. The summed E-state index contributed by atoms with van der Waals surface area (Å²) in [5.74, 6) is 1.39. The van der Waals surface area contributed by atoms with Crippen LogP contribution in [-0.2, 0) is 6.42 Å². The molecule has 1 aromatic heterocycles. The van der Waals surface area contributed by atoms with E-state index in [4.69, 9.17) is 9.72 Å². The molecule has 0 unspecified atom stereocenters. The molecule has 2 aromatic carbocycles. The minimum Gasteiger partial charge on any atom is -0.490 e. The van der Waals surface area contributed by atoms with Gasteiger partial charge in [0.2, 0.25) is 0 Å². The largest absolute Gasteiger partial charge is 0.490 e. The highest BCUT2D eigenvalue weighted by Gasteiger charge is 2.12. The number of unbranched alkanes of at least 4 members (excludes halogenated alkanes) is 1. The van der Waals surface area contributed by atoms with Crippen LogP contribution in [0.1, 0.15) is 51.4 Å². The minimum absolute atomic E-state index is 0.0841. The molecule has 0 aliphatic heterocycles. The van der Waals surface area contributed by atoms with Crippen molar-refractivity contribution in [2.45, 2.75) is 52.6 Å². The topological polar surface area (TPSA) is 56.5 Å². The van der Waals surface area contributed by atoms with E-state index in [1.165, 1.54) is 4.68 Å². The highest BCUT2D eigenvalue weighted by atomic mass is 79.9. The van der Waals surface area contributed by atoms with Crippen molar-refractivity contribution in [1.29, 1.82) is 0 Å². The second kappa shape index (κ2) is 10.4. The highest BCUT2D eigenvalue weighted by Crippen LogP contribution is 2.24. The van der Waals surface area contributed by atoms with Gasteiger partial charge in [-0.25, -0.2) is 4.98 Å². The molecule has 0 N–H and O–H groups in total. The Morgan fingerprint density at radius 2 is 1.90 bits per heavy atom. The summed E-state index contributed by atoms with van der Waals surface area (Å²) in [6.07, 6.45) is 5.28. The molecule has 3 rings (SSSR count). The van der Waals surface area contributed by atoms with Crippen molar-refractivity contribution in [2.24, 2.45) is 5.10 Å². The van der Waals surface area contributed by atoms with Crippen molar-refractivity contribution in [3.8, 4) is 5.75 Å². The van der Waals surface area contributed by atoms with Crippen LogP contribution in [0.15, 0.2) is 55.2 Å². The van der Waals surface area contributed by atoms with E-state index in [1.54, 1.807) is 12.3 Å². The van der Waals surface area contributed by atoms with E-state index in [-0.39, 0.29) is 11.7 Å². The molecule has 30 heavy (non-hydrogen) atoms. The fraction of sp³-hybridized carbons (Fsp3) is 0.348. The minimum atomic E-state index is -0.178. The Bertz CT molecular complexity index is 1130. The predicted molar refractivity (Wildman–Crippen MR) is 130 cm³/mol. The van der Waals surface area contributed by atoms with Crippen molar-refractivity contribution < 1.29 is 4.74 Å². The summed E-state index contributed by atoms with van der Waals surface area (Å²) in [6, 6.07) is 11.3. The monoisotopic (exact) mass is 533 g/mol. The molecule has 0 saturated carbocycles. The highest BCUT2D eigenvalue weighted by molar-refractivity contribution is 9.10. The maximum atomic E-state index is 13.2. The molecule has 0 amide bonds.